The van der Waals surface area contributed by atoms with Gasteiger partial charge in [-0.15, -0.1) is 0 Å². The summed E-state index contributed by atoms with van der Waals surface area (Å²) in [5, 5.41) is 3.89. The summed E-state index contributed by atoms with van der Waals surface area (Å²) in [6, 6.07) is 11.8. The normalized spacial score (nSPS) is 12.0. The van der Waals surface area contributed by atoms with Crippen molar-refractivity contribution in [1.82, 2.24) is 0 Å². The standard InChI is InChI=1S/C15H15ClFNO/c1-10(11-4-3-5-13(17)8-11)18-14-9-12(16)6-7-15(14)19-2/h3-10,18H,1-2H3. The molecule has 1 atom stereocenters. The van der Waals surface area contributed by atoms with Gasteiger partial charge >= 0.3 is 0 Å². The third kappa shape index (κ3) is 3.38. The van der Waals surface area contributed by atoms with E-state index in [2.05, 4.69) is 5.32 Å². The molecule has 0 fully saturated rings. The predicted octanol–water partition coefficient (Wildman–Crippen LogP) is 4.66. The molecular formula is C15H15ClFNO. The lowest BCUT2D eigenvalue weighted by Crippen LogP contribution is -2.07. The first kappa shape index (κ1) is 13.7. The highest BCUT2D eigenvalue weighted by atomic mass is 35.5. The van der Waals surface area contributed by atoms with E-state index in [1.807, 2.05) is 13.0 Å². The van der Waals surface area contributed by atoms with Crippen LogP contribution in [0.3, 0.4) is 0 Å². The molecule has 0 saturated heterocycles. The van der Waals surface area contributed by atoms with Crippen molar-refractivity contribution >= 4 is 17.3 Å². The molecule has 19 heavy (non-hydrogen) atoms. The Balaban J connectivity index is 2.23. The number of halogens is 2. The lowest BCUT2D eigenvalue weighted by atomic mass is 10.1. The Kier molecular flexibility index (Phi) is 4.27. The Hall–Kier alpha value is -1.74. The van der Waals surface area contributed by atoms with Crippen molar-refractivity contribution < 1.29 is 9.13 Å². The zero-order valence-electron chi connectivity index (χ0n) is 10.8. The van der Waals surface area contributed by atoms with Gasteiger partial charge in [-0.1, -0.05) is 23.7 Å². The molecule has 0 aromatic heterocycles. The molecule has 2 nitrogen and oxygen atoms in total. The Morgan fingerprint density at radius 1 is 1.21 bits per heavy atom. The Morgan fingerprint density at radius 3 is 2.68 bits per heavy atom. The third-order valence-electron chi connectivity index (χ3n) is 2.88. The summed E-state index contributed by atoms with van der Waals surface area (Å²) < 4.78 is 18.5. The average molecular weight is 280 g/mol. The Labute approximate surface area is 117 Å². The second-order valence-electron chi connectivity index (χ2n) is 4.27. The average Bonchev–Trinajstić information content (AvgIpc) is 2.39. The second-order valence-corrected chi connectivity index (χ2v) is 4.70. The topological polar surface area (TPSA) is 21.3 Å². The van der Waals surface area contributed by atoms with Crippen LogP contribution in [0.25, 0.3) is 0 Å². The van der Waals surface area contributed by atoms with Crippen molar-refractivity contribution in [1.29, 1.82) is 0 Å². The molecule has 0 aliphatic carbocycles. The number of hydrogen-bond donors (Lipinski definition) is 1. The second kappa shape index (κ2) is 5.93. The molecule has 0 bridgehead atoms. The van der Waals surface area contributed by atoms with Crippen LogP contribution in [0.1, 0.15) is 18.5 Å². The fraction of sp³-hybridized carbons (Fsp3) is 0.200. The number of ether oxygens (including phenoxy) is 1. The van der Waals surface area contributed by atoms with Gasteiger partial charge in [0.2, 0.25) is 0 Å². The highest BCUT2D eigenvalue weighted by Gasteiger charge is 2.10. The molecule has 0 spiro atoms. The molecule has 4 heteroatoms. The van der Waals surface area contributed by atoms with Crippen LogP contribution in [-0.4, -0.2) is 7.11 Å². The van der Waals surface area contributed by atoms with Crippen LogP contribution < -0.4 is 10.1 Å². The van der Waals surface area contributed by atoms with Crippen molar-refractivity contribution in [3.8, 4) is 5.75 Å². The molecule has 0 aliphatic rings. The van der Waals surface area contributed by atoms with Crippen molar-refractivity contribution in [2.24, 2.45) is 0 Å². The molecule has 0 amide bonds. The van der Waals surface area contributed by atoms with Crippen LogP contribution in [-0.2, 0) is 0 Å². The number of nitrogens with one attached hydrogen (secondary N) is 1. The first-order chi connectivity index (χ1) is 9.10. The quantitative estimate of drug-likeness (QED) is 0.879. The smallest absolute Gasteiger partial charge is 0.142 e. The van der Waals surface area contributed by atoms with Gasteiger partial charge in [0.05, 0.1) is 12.8 Å². The number of anilines is 1. The molecule has 0 heterocycles. The summed E-state index contributed by atoms with van der Waals surface area (Å²) in [4.78, 5) is 0. The number of benzene rings is 2. The van der Waals surface area contributed by atoms with E-state index in [4.69, 9.17) is 16.3 Å². The number of rotatable bonds is 4. The molecule has 0 saturated carbocycles. The van der Waals surface area contributed by atoms with Gasteiger partial charge in [0.1, 0.15) is 11.6 Å². The Morgan fingerprint density at radius 2 is 2.00 bits per heavy atom. The van der Waals surface area contributed by atoms with Crippen LogP contribution in [0.4, 0.5) is 10.1 Å². The maximum Gasteiger partial charge on any atom is 0.142 e. The van der Waals surface area contributed by atoms with Crippen molar-refractivity contribution in [2.75, 3.05) is 12.4 Å². The number of hydrogen-bond acceptors (Lipinski definition) is 2. The van der Waals surface area contributed by atoms with Crippen molar-refractivity contribution in [3.63, 3.8) is 0 Å². The summed E-state index contributed by atoms with van der Waals surface area (Å²) in [6.07, 6.45) is 0. The van der Waals surface area contributed by atoms with E-state index in [0.29, 0.717) is 10.8 Å². The molecule has 2 rings (SSSR count). The van der Waals surface area contributed by atoms with Crippen molar-refractivity contribution in [3.05, 3.63) is 58.9 Å². The molecule has 2 aromatic rings. The van der Waals surface area contributed by atoms with Crippen LogP contribution in [0.15, 0.2) is 42.5 Å². The van der Waals surface area contributed by atoms with Gasteiger partial charge in [-0.05, 0) is 42.8 Å². The van der Waals surface area contributed by atoms with Gasteiger partial charge in [-0.3, -0.25) is 0 Å². The largest absolute Gasteiger partial charge is 0.495 e. The summed E-state index contributed by atoms with van der Waals surface area (Å²) in [6.45, 7) is 1.95. The highest BCUT2D eigenvalue weighted by Crippen LogP contribution is 2.30. The lowest BCUT2D eigenvalue weighted by molar-refractivity contribution is 0.416. The first-order valence-electron chi connectivity index (χ1n) is 5.95. The molecule has 100 valence electrons. The van der Waals surface area contributed by atoms with Crippen LogP contribution in [0, 0.1) is 5.82 Å². The Bertz CT molecular complexity index is 574. The van der Waals surface area contributed by atoms with Gasteiger partial charge in [-0.25, -0.2) is 4.39 Å². The van der Waals surface area contributed by atoms with E-state index in [0.717, 1.165) is 11.3 Å². The lowest BCUT2D eigenvalue weighted by Gasteiger charge is -2.18. The van der Waals surface area contributed by atoms with E-state index in [1.165, 1.54) is 12.1 Å². The maximum atomic E-state index is 13.2. The van der Waals surface area contributed by atoms with Gasteiger partial charge in [0.15, 0.2) is 0 Å². The van der Waals surface area contributed by atoms with E-state index >= 15 is 0 Å². The molecular weight excluding hydrogens is 265 g/mol. The summed E-state index contributed by atoms with van der Waals surface area (Å²) in [5.74, 6) is 0.455. The maximum absolute atomic E-state index is 13.2. The monoisotopic (exact) mass is 279 g/mol. The summed E-state index contributed by atoms with van der Waals surface area (Å²) in [7, 11) is 1.60. The minimum Gasteiger partial charge on any atom is -0.495 e. The SMILES string of the molecule is COc1ccc(Cl)cc1NC(C)c1cccc(F)c1. The molecule has 0 aliphatic heterocycles. The van der Waals surface area contributed by atoms with Crippen molar-refractivity contribution in [2.45, 2.75) is 13.0 Å². The minimum absolute atomic E-state index is 0.0527. The van der Waals surface area contributed by atoms with E-state index in [9.17, 15) is 4.39 Å². The third-order valence-corrected chi connectivity index (χ3v) is 3.12. The fourth-order valence-corrected chi connectivity index (χ4v) is 2.06. The van der Waals surface area contributed by atoms with E-state index < -0.39 is 0 Å². The van der Waals surface area contributed by atoms with E-state index in [-0.39, 0.29) is 11.9 Å². The first-order valence-corrected chi connectivity index (χ1v) is 6.33. The molecule has 0 radical (unpaired) electrons. The fourth-order valence-electron chi connectivity index (χ4n) is 1.89. The van der Waals surface area contributed by atoms with E-state index in [1.54, 1.807) is 31.4 Å². The van der Waals surface area contributed by atoms with Gasteiger partial charge in [-0.2, -0.15) is 0 Å². The molecule has 2 aromatic carbocycles. The van der Waals surface area contributed by atoms with Gasteiger partial charge in [0, 0.05) is 11.1 Å². The van der Waals surface area contributed by atoms with Crippen LogP contribution in [0.5, 0.6) is 5.75 Å². The van der Waals surface area contributed by atoms with Crippen LogP contribution in [0.2, 0.25) is 5.02 Å². The minimum atomic E-state index is -0.246. The predicted molar refractivity (Wildman–Crippen MR) is 76.4 cm³/mol. The summed E-state index contributed by atoms with van der Waals surface area (Å²) >= 11 is 5.97. The highest BCUT2D eigenvalue weighted by molar-refractivity contribution is 6.30. The van der Waals surface area contributed by atoms with Crippen LogP contribution >= 0.6 is 11.6 Å². The zero-order chi connectivity index (χ0) is 13.8. The number of methoxy groups -OCH3 is 1. The summed E-state index contributed by atoms with van der Waals surface area (Å²) in [5.41, 5.74) is 1.65. The molecule has 1 N–H and O–H groups in total. The van der Waals surface area contributed by atoms with Gasteiger partial charge in [0.25, 0.3) is 0 Å². The van der Waals surface area contributed by atoms with Gasteiger partial charge < -0.3 is 10.1 Å². The zero-order valence-corrected chi connectivity index (χ0v) is 11.5. The molecule has 1 unspecified atom stereocenters.